The van der Waals surface area contributed by atoms with Crippen molar-refractivity contribution < 1.29 is 13.3 Å². The number of rotatable bonds is 6. The SMILES string of the molecule is CC(C1CC1)n1cc(NS(=O)(=O)c2cccc([N+](=O)[O-])c2)cn1. The summed E-state index contributed by atoms with van der Waals surface area (Å²) in [6, 6.07) is 5.15. The van der Waals surface area contributed by atoms with Crippen molar-refractivity contribution >= 4 is 21.4 Å². The third-order valence-corrected chi connectivity index (χ3v) is 5.29. The summed E-state index contributed by atoms with van der Waals surface area (Å²) >= 11 is 0. The average Bonchev–Trinajstić information content (AvgIpc) is 3.27. The van der Waals surface area contributed by atoms with E-state index in [1.54, 1.807) is 10.9 Å². The van der Waals surface area contributed by atoms with Crippen molar-refractivity contribution in [1.82, 2.24) is 9.78 Å². The third kappa shape index (κ3) is 3.34. The van der Waals surface area contributed by atoms with Crippen LogP contribution < -0.4 is 4.72 Å². The smallest absolute Gasteiger partial charge is 0.270 e. The zero-order chi connectivity index (χ0) is 16.6. The van der Waals surface area contributed by atoms with E-state index < -0.39 is 14.9 Å². The van der Waals surface area contributed by atoms with Crippen LogP contribution in [0.5, 0.6) is 0 Å². The Labute approximate surface area is 133 Å². The highest BCUT2D eigenvalue weighted by atomic mass is 32.2. The highest BCUT2D eigenvalue weighted by molar-refractivity contribution is 7.92. The van der Waals surface area contributed by atoms with Crippen LogP contribution in [0, 0.1) is 16.0 Å². The number of nitro groups is 1. The summed E-state index contributed by atoms with van der Waals surface area (Å²) in [5.74, 6) is 0.594. The van der Waals surface area contributed by atoms with Crippen molar-refractivity contribution in [3.8, 4) is 0 Å². The van der Waals surface area contributed by atoms with Gasteiger partial charge in [-0.3, -0.25) is 19.5 Å². The predicted octanol–water partition coefficient (Wildman–Crippen LogP) is 2.56. The number of sulfonamides is 1. The summed E-state index contributed by atoms with van der Waals surface area (Å²) in [4.78, 5) is 9.98. The molecule has 1 aromatic heterocycles. The molecule has 8 nitrogen and oxygen atoms in total. The summed E-state index contributed by atoms with van der Waals surface area (Å²) in [6.45, 7) is 2.05. The van der Waals surface area contributed by atoms with Crippen LogP contribution in [-0.4, -0.2) is 23.1 Å². The largest absolute Gasteiger partial charge is 0.276 e. The van der Waals surface area contributed by atoms with Crippen LogP contribution >= 0.6 is 0 Å². The fourth-order valence-corrected chi connectivity index (χ4v) is 3.45. The van der Waals surface area contributed by atoms with Gasteiger partial charge in [-0.05, 0) is 31.7 Å². The summed E-state index contributed by atoms with van der Waals surface area (Å²) in [5.41, 5.74) is 0.0648. The van der Waals surface area contributed by atoms with Gasteiger partial charge in [-0.2, -0.15) is 5.10 Å². The van der Waals surface area contributed by atoms with Gasteiger partial charge in [-0.1, -0.05) is 6.07 Å². The molecular formula is C14H16N4O4S. The second-order valence-electron chi connectivity index (χ2n) is 5.65. The Bertz CT molecular complexity index is 842. The van der Waals surface area contributed by atoms with Crippen LogP contribution in [0.25, 0.3) is 0 Å². The Hall–Kier alpha value is -2.42. The topological polar surface area (TPSA) is 107 Å². The Kier molecular flexibility index (Phi) is 3.80. The van der Waals surface area contributed by atoms with Crippen molar-refractivity contribution in [2.24, 2.45) is 5.92 Å². The highest BCUT2D eigenvalue weighted by Gasteiger charge is 2.29. The Morgan fingerprint density at radius 2 is 2.17 bits per heavy atom. The molecular weight excluding hydrogens is 320 g/mol. The lowest BCUT2D eigenvalue weighted by Gasteiger charge is -2.10. The van der Waals surface area contributed by atoms with E-state index in [1.165, 1.54) is 24.4 Å². The van der Waals surface area contributed by atoms with E-state index in [2.05, 4.69) is 9.82 Å². The standard InChI is InChI=1S/C14H16N4O4S/c1-10(11-5-6-11)17-9-12(8-15-17)16-23(21,22)14-4-2-3-13(7-14)18(19)20/h2-4,7-11,16H,5-6H2,1H3. The molecule has 3 rings (SSSR count). The summed E-state index contributed by atoms with van der Waals surface area (Å²) in [6.07, 6.45) is 5.40. The first-order valence-electron chi connectivity index (χ1n) is 7.18. The molecule has 1 saturated carbocycles. The monoisotopic (exact) mass is 336 g/mol. The van der Waals surface area contributed by atoms with E-state index in [0.717, 1.165) is 18.9 Å². The molecule has 2 aromatic rings. The maximum absolute atomic E-state index is 12.3. The lowest BCUT2D eigenvalue weighted by Crippen LogP contribution is -2.13. The minimum Gasteiger partial charge on any atom is -0.276 e. The lowest BCUT2D eigenvalue weighted by molar-refractivity contribution is -0.385. The van der Waals surface area contributed by atoms with Gasteiger partial charge in [0.2, 0.25) is 0 Å². The molecule has 0 amide bonds. The van der Waals surface area contributed by atoms with Crippen molar-refractivity contribution in [3.05, 3.63) is 46.8 Å². The average molecular weight is 336 g/mol. The number of nitrogens with zero attached hydrogens (tertiary/aromatic N) is 3. The number of anilines is 1. The van der Waals surface area contributed by atoms with Crippen molar-refractivity contribution in [3.63, 3.8) is 0 Å². The Balaban J connectivity index is 1.81. The minimum atomic E-state index is -3.89. The Morgan fingerprint density at radius 1 is 1.43 bits per heavy atom. The van der Waals surface area contributed by atoms with Gasteiger partial charge in [0, 0.05) is 18.3 Å². The molecule has 1 aliphatic rings. The van der Waals surface area contributed by atoms with Crippen molar-refractivity contribution in [2.45, 2.75) is 30.7 Å². The quantitative estimate of drug-likeness (QED) is 0.644. The molecule has 1 fully saturated rings. The van der Waals surface area contributed by atoms with Gasteiger partial charge in [0.1, 0.15) is 0 Å². The second-order valence-corrected chi connectivity index (χ2v) is 7.33. The summed E-state index contributed by atoms with van der Waals surface area (Å²) in [5, 5.41) is 14.9. The Morgan fingerprint density at radius 3 is 2.83 bits per heavy atom. The van der Waals surface area contributed by atoms with E-state index in [1.807, 2.05) is 6.92 Å². The zero-order valence-corrected chi connectivity index (χ0v) is 13.2. The molecule has 23 heavy (non-hydrogen) atoms. The van der Waals surface area contributed by atoms with Gasteiger partial charge < -0.3 is 0 Å². The number of nitrogens with one attached hydrogen (secondary N) is 1. The van der Waals surface area contributed by atoms with Crippen LogP contribution in [0.3, 0.4) is 0 Å². The molecule has 0 saturated heterocycles. The molecule has 1 heterocycles. The van der Waals surface area contributed by atoms with E-state index in [0.29, 0.717) is 11.6 Å². The maximum Gasteiger partial charge on any atom is 0.270 e. The normalized spacial score (nSPS) is 16.0. The van der Waals surface area contributed by atoms with E-state index in [9.17, 15) is 18.5 Å². The molecule has 0 bridgehead atoms. The van der Waals surface area contributed by atoms with Gasteiger partial charge in [-0.15, -0.1) is 0 Å². The van der Waals surface area contributed by atoms with Crippen LogP contribution in [0.15, 0.2) is 41.6 Å². The minimum absolute atomic E-state index is 0.158. The summed E-state index contributed by atoms with van der Waals surface area (Å²) in [7, 11) is -3.89. The number of hydrogen-bond donors (Lipinski definition) is 1. The van der Waals surface area contributed by atoms with Gasteiger partial charge in [0.15, 0.2) is 0 Å². The molecule has 0 spiro atoms. The number of benzene rings is 1. The fourth-order valence-electron chi connectivity index (χ4n) is 2.39. The number of aromatic nitrogens is 2. The molecule has 0 aliphatic heterocycles. The van der Waals surface area contributed by atoms with Gasteiger partial charge >= 0.3 is 0 Å². The molecule has 122 valence electrons. The predicted molar refractivity (Wildman–Crippen MR) is 83.6 cm³/mol. The first kappa shape index (κ1) is 15.5. The highest BCUT2D eigenvalue weighted by Crippen LogP contribution is 2.39. The molecule has 9 heteroatoms. The van der Waals surface area contributed by atoms with E-state index in [4.69, 9.17) is 0 Å². The molecule has 1 atom stereocenters. The summed E-state index contributed by atoms with van der Waals surface area (Å²) < 4.78 is 28.8. The molecule has 1 N–H and O–H groups in total. The number of hydrogen-bond acceptors (Lipinski definition) is 5. The van der Waals surface area contributed by atoms with Gasteiger partial charge in [0.25, 0.3) is 15.7 Å². The first-order chi connectivity index (χ1) is 10.9. The molecule has 1 aliphatic carbocycles. The van der Waals surface area contributed by atoms with E-state index >= 15 is 0 Å². The van der Waals surface area contributed by atoms with Gasteiger partial charge in [0.05, 0.1) is 27.7 Å². The van der Waals surface area contributed by atoms with Crippen molar-refractivity contribution in [1.29, 1.82) is 0 Å². The number of nitro benzene ring substituents is 1. The molecule has 1 aromatic carbocycles. The third-order valence-electron chi connectivity index (χ3n) is 3.91. The fraction of sp³-hybridized carbons (Fsp3) is 0.357. The second kappa shape index (κ2) is 5.65. The maximum atomic E-state index is 12.3. The van der Waals surface area contributed by atoms with Gasteiger partial charge in [-0.25, -0.2) is 8.42 Å². The zero-order valence-electron chi connectivity index (χ0n) is 12.4. The number of non-ortho nitro benzene ring substituents is 1. The first-order valence-corrected chi connectivity index (χ1v) is 8.66. The lowest BCUT2D eigenvalue weighted by atomic mass is 10.2. The van der Waals surface area contributed by atoms with Crippen molar-refractivity contribution in [2.75, 3.05) is 4.72 Å². The molecule has 1 unspecified atom stereocenters. The van der Waals surface area contributed by atoms with Crippen LogP contribution in [-0.2, 0) is 10.0 Å². The molecule has 0 radical (unpaired) electrons. The van der Waals surface area contributed by atoms with Crippen LogP contribution in [0.1, 0.15) is 25.8 Å². The van der Waals surface area contributed by atoms with E-state index in [-0.39, 0.29) is 16.6 Å². The van der Waals surface area contributed by atoms with Crippen LogP contribution in [0.2, 0.25) is 0 Å². The van der Waals surface area contributed by atoms with Crippen LogP contribution in [0.4, 0.5) is 11.4 Å².